The molecule has 1 radical (unpaired) electrons. The van der Waals surface area contributed by atoms with E-state index < -0.39 is 0 Å². The zero-order valence-corrected chi connectivity index (χ0v) is 32.3. The van der Waals surface area contributed by atoms with Gasteiger partial charge in [0.1, 0.15) is 16.9 Å². The van der Waals surface area contributed by atoms with Gasteiger partial charge in [0.05, 0.1) is 0 Å². The maximum absolute atomic E-state index is 12.2. The number of aromatic nitrogens is 1. The van der Waals surface area contributed by atoms with Crippen molar-refractivity contribution in [1.29, 1.82) is 0 Å². The predicted octanol–water partition coefficient (Wildman–Crippen LogP) is 11.8. The van der Waals surface area contributed by atoms with E-state index in [4.69, 9.17) is 4.42 Å². The molecule has 2 aromatic carbocycles. The van der Waals surface area contributed by atoms with Crippen LogP contribution in [0.5, 0.6) is 0 Å². The van der Waals surface area contributed by atoms with Crippen LogP contribution < -0.4 is 0 Å². The van der Waals surface area contributed by atoms with Gasteiger partial charge in [-0.3, -0.25) is 4.79 Å². The van der Waals surface area contributed by atoms with E-state index in [9.17, 15) is 9.90 Å². The number of allylic oxidation sites excluding steroid dienone is 2. The number of benzene rings is 2. The molecule has 2 heterocycles. The maximum atomic E-state index is 12.2. The first-order valence-electron chi connectivity index (χ1n) is 16.9. The minimum Gasteiger partial charge on any atom is -0.512 e. The van der Waals surface area contributed by atoms with Crippen LogP contribution in [0.15, 0.2) is 58.8 Å². The van der Waals surface area contributed by atoms with Gasteiger partial charge < -0.3 is 14.5 Å². The van der Waals surface area contributed by atoms with E-state index in [-0.39, 0.29) is 53.3 Å². The number of rotatable bonds is 8. The monoisotopic (exact) mass is 801 g/mol. The van der Waals surface area contributed by atoms with Gasteiger partial charge in [0.25, 0.3) is 0 Å². The van der Waals surface area contributed by atoms with Crippen LogP contribution in [0, 0.1) is 23.8 Å². The third-order valence-electron chi connectivity index (χ3n) is 11.2. The molecular formula is C41H54IrNO3-. The van der Waals surface area contributed by atoms with Crippen molar-refractivity contribution in [2.75, 3.05) is 0 Å². The summed E-state index contributed by atoms with van der Waals surface area (Å²) in [6.45, 7) is 23.7. The zero-order chi connectivity index (χ0) is 33.4. The summed E-state index contributed by atoms with van der Waals surface area (Å²) in [5.41, 5.74) is 7.52. The Kier molecular flexibility index (Phi) is 11.6. The molecule has 0 amide bonds. The Morgan fingerprint density at radius 3 is 2.13 bits per heavy atom. The molecule has 1 aliphatic carbocycles. The van der Waals surface area contributed by atoms with E-state index in [0.717, 1.165) is 53.5 Å². The van der Waals surface area contributed by atoms with Crippen LogP contribution in [0.25, 0.3) is 33.2 Å². The van der Waals surface area contributed by atoms with Crippen molar-refractivity contribution in [3.05, 3.63) is 77.2 Å². The van der Waals surface area contributed by atoms with Crippen molar-refractivity contribution >= 4 is 27.7 Å². The topological polar surface area (TPSA) is 63.3 Å². The van der Waals surface area contributed by atoms with Gasteiger partial charge in [-0.1, -0.05) is 75.3 Å². The Morgan fingerprint density at radius 1 is 0.957 bits per heavy atom. The smallest absolute Gasteiger partial charge is 0.164 e. The van der Waals surface area contributed by atoms with Crippen molar-refractivity contribution in [2.24, 2.45) is 10.8 Å². The Labute approximate surface area is 290 Å². The van der Waals surface area contributed by atoms with Crippen molar-refractivity contribution in [3.63, 3.8) is 0 Å². The van der Waals surface area contributed by atoms with Gasteiger partial charge in [0.15, 0.2) is 5.78 Å². The fraction of sp³-hybridized carbons (Fsp3) is 0.512. The standard InChI is InChI=1S/C26H26NO.C15H28O2.Ir/c1-16-15-19-21(26(4,5)13-12-25(19,2)3)24-20(16)18-11-14-27-22(23(18)28-24)17-9-7-6-8-10-17;1-7-14(5,8-2)12(16)11-13(17)15(6,9-3)10-4;/h6-9,11,14-15H,12-13H2,1-5H3;11,16H,7-10H2,1-6H3;/q-1;;/b;12-11-;. The predicted molar refractivity (Wildman–Crippen MR) is 189 cm³/mol. The van der Waals surface area contributed by atoms with Gasteiger partial charge >= 0.3 is 0 Å². The van der Waals surface area contributed by atoms with Crippen LogP contribution in [0.1, 0.15) is 124 Å². The third-order valence-corrected chi connectivity index (χ3v) is 11.2. The Balaban J connectivity index is 0.000000280. The Bertz CT molecular complexity index is 1700. The van der Waals surface area contributed by atoms with Crippen molar-refractivity contribution in [1.82, 2.24) is 4.98 Å². The molecule has 2 aromatic heterocycles. The normalized spacial score (nSPS) is 15.9. The van der Waals surface area contributed by atoms with Gasteiger partial charge in [-0.2, -0.15) is 0 Å². The van der Waals surface area contributed by atoms with Gasteiger partial charge in [0, 0.05) is 65.2 Å². The second-order valence-corrected chi connectivity index (χ2v) is 14.9. The summed E-state index contributed by atoms with van der Waals surface area (Å²) in [6.07, 6.45) is 9.01. The molecular weight excluding hydrogens is 747 g/mol. The molecule has 0 spiro atoms. The first kappa shape index (κ1) is 37.7. The number of nitrogens with zero attached hydrogens (tertiary/aromatic N) is 1. The first-order valence-corrected chi connectivity index (χ1v) is 16.9. The third kappa shape index (κ3) is 6.92. The van der Waals surface area contributed by atoms with E-state index in [1.54, 1.807) is 0 Å². The number of fused-ring (bicyclic) bond motifs is 5. The van der Waals surface area contributed by atoms with Crippen LogP contribution in [0.2, 0.25) is 0 Å². The number of carbonyl (C=O) groups is 1. The van der Waals surface area contributed by atoms with Crippen LogP contribution in [-0.2, 0) is 35.7 Å². The number of hydrogen-bond acceptors (Lipinski definition) is 4. The molecule has 0 atom stereocenters. The van der Waals surface area contributed by atoms with Gasteiger partial charge in [-0.15, -0.1) is 35.9 Å². The molecule has 1 aliphatic rings. The molecule has 4 nitrogen and oxygen atoms in total. The number of aliphatic hydroxyl groups excluding tert-OH is 1. The van der Waals surface area contributed by atoms with Gasteiger partial charge in [0.2, 0.25) is 0 Å². The molecule has 5 heteroatoms. The molecule has 4 aromatic rings. The first-order chi connectivity index (χ1) is 21.1. The van der Waals surface area contributed by atoms with E-state index in [2.05, 4.69) is 57.8 Å². The molecule has 0 bridgehead atoms. The second kappa shape index (κ2) is 14.2. The van der Waals surface area contributed by atoms with Crippen LogP contribution in [-0.4, -0.2) is 15.9 Å². The number of furan rings is 1. The summed E-state index contributed by atoms with van der Waals surface area (Å²) in [4.78, 5) is 16.8. The minimum atomic E-state index is -0.337. The number of pyridine rings is 1. The van der Waals surface area contributed by atoms with Crippen LogP contribution in [0.3, 0.4) is 0 Å². The molecule has 0 fully saturated rings. The SMILES string of the molecule is CCC(C)(CC)C(=O)/C=C(\O)C(C)(CC)CC.Cc1cc2c(c3oc4c(-c5[c-]cccc5)nccc4c13)C(C)(C)CCC2(C)C.[Ir]. The average Bonchev–Trinajstić information content (AvgIpc) is 3.43. The summed E-state index contributed by atoms with van der Waals surface area (Å²) in [5, 5.41) is 12.5. The molecule has 251 valence electrons. The van der Waals surface area contributed by atoms with E-state index in [1.807, 2.05) is 72.0 Å². The molecule has 5 rings (SSSR count). The van der Waals surface area contributed by atoms with Crippen molar-refractivity contribution < 1.29 is 34.4 Å². The van der Waals surface area contributed by atoms with Crippen LogP contribution in [0.4, 0.5) is 0 Å². The molecule has 0 saturated heterocycles. The summed E-state index contributed by atoms with van der Waals surface area (Å²) in [5.74, 6) is 0.286. The van der Waals surface area contributed by atoms with E-state index in [0.29, 0.717) is 0 Å². The van der Waals surface area contributed by atoms with Gasteiger partial charge in [-0.05, 0) is 73.5 Å². The van der Waals surface area contributed by atoms with E-state index in [1.165, 1.54) is 41.0 Å². The number of ketones is 1. The number of aryl methyl sites for hydroxylation is 1. The van der Waals surface area contributed by atoms with E-state index >= 15 is 0 Å². The number of aliphatic hydroxyl groups is 1. The molecule has 0 unspecified atom stereocenters. The van der Waals surface area contributed by atoms with Crippen molar-refractivity contribution in [2.45, 2.75) is 126 Å². The quantitative estimate of drug-likeness (QED) is 0.110. The van der Waals surface area contributed by atoms with Gasteiger partial charge in [-0.25, -0.2) is 0 Å². The summed E-state index contributed by atoms with van der Waals surface area (Å²) in [6, 6.07) is 15.8. The summed E-state index contributed by atoms with van der Waals surface area (Å²) < 4.78 is 6.66. The fourth-order valence-corrected chi connectivity index (χ4v) is 6.58. The summed E-state index contributed by atoms with van der Waals surface area (Å²) >= 11 is 0. The minimum absolute atomic E-state index is 0. The van der Waals surface area contributed by atoms with Crippen LogP contribution >= 0.6 is 0 Å². The number of hydrogen-bond donors (Lipinski definition) is 1. The molecule has 0 saturated carbocycles. The second-order valence-electron chi connectivity index (χ2n) is 14.9. The number of carbonyl (C=O) groups excluding carboxylic acids is 1. The molecule has 1 N–H and O–H groups in total. The van der Waals surface area contributed by atoms with Crippen molar-refractivity contribution in [3.8, 4) is 11.3 Å². The maximum Gasteiger partial charge on any atom is 0.164 e. The average molecular weight is 801 g/mol. The fourth-order valence-electron chi connectivity index (χ4n) is 6.58. The molecule has 0 aliphatic heterocycles. The Morgan fingerprint density at radius 2 is 1.57 bits per heavy atom. The zero-order valence-electron chi connectivity index (χ0n) is 29.9. The largest absolute Gasteiger partial charge is 0.512 e. The summed E-state index contributed by atoms with van der Waals surface area (Å²) in [7, 11) is 0. The molecule has 46 heavy (non-hydrogen) atoms. The Hall–Kier alpha value is -2.75.